The average molecular weight is 377 g/mol. The number of fused-ring (bicyclic) bond motifs is 2. The fourth-order valence-electron chi connectivity index (χ4n) is 2.67. The Morgan fingerprint density at radius 2 is 1.60 bits per heavy atom. The standard InChI is InChI=1S/C10H12ClN3.C7H6ClN3/c1-6(2)14-7(3)12-8-4-5-9(11)13-10(8)14;1-4-9-5-2-3-6(8)11-7(5)10-4/h4-6H,1-3H3;2-3H,1H3,(H,9,10,11). The SMILES string of the molecule is Cc1nc2ccc(Cl)nc2n1C(C)C.Cc1nc2nc(Cl)ccc2[nH]1. The zero-order valence-corrected chi connectivity index (χ0v) is 15.9. The molecule has 0 fully saturated rings. The molecule has 4 aromatic heterocycles. The second-order valence-corrected chi connectivity index (χ2v) is 6.70. The summed E-state index contributed by atoms with van der Waals surface area (Å²) in [7, 11) is 0. The molecular formula is C17H18Cl2N6. The molecule has 0 unspecified atom stereocenters. The van der Waals surface area contributed by atoms with Crippen LogP contribution in [0.2, 0.25) is 10.3 Å². The lowest BCUT2D eigenvalue weighted by Gasteiger charge is -2.09. The molecule has 6 nitrogen and oxygen atoms in total. The van der Waals surface area contributed by atoms with Gasteiger partial charge in [-0.05, 0) is 52.0 Å². The number of aromatic nitrogens is 6. The van der Waals surface area contributed by atoms with Gasteiger partial charge in [0.25, 0.3) is 0 Å². The molecule has 0 aromatic carbocycles. The number of H-pyrrole nitrogens is 1. The van der Waals surface area contributed by atoms with E-state index in [0.29, 0.717) is 22.0 Å². The number of aryl methyl sites for hydroxylation is 2. The van der Waals surface area contributed by atoms with Gasteiger partial charge in [-0.2, -0.15) is 0 Å². The summed E-state index contributed by atoms with van der Waals surface area (Å²) in [5, 5.41) is 0.989. The smallest absolute Gasteiger partial charge is 0.179 e. The van der Waals surface area contributed by atoms with Gasteiger partial charge in [0.15, 0.2) is 11.3 Å². The number of hydrogen-bond acceptors (Lipinski definition) is 4. The van der Waals surface area contributed by atoms with E-state index in [2.05, 4.69) is 43.3 Å². The maximum Gasteiger partial charge on any atom is 0.179 e. The molecule has 8 heteroatoms. The van der Waals surface area contributed by atoms with E-state index in [1.165, 1.54) is 0 Å². The Kier molecular flexibility index (Phi) is 4.92. The molecule has 0 saturated carbocycles. The van der Waals surface area contributed by atoms with Gasteiger partial charge >= 0.3 is 0 Å². The van der Waals surface area contributed by atoms with E-state index in [0.717, 1.165) is 28.3 Å². The minimum absolute atomic E-state index is 0.353. The lowest BCUT2D eigenvalue weighted by molar-refractivity contribution is 0.595. The molecule has 4 rings (SSSR count). The first-order valence-electron chi connectivity index (χ1n) is 7.85. The molecule has 0 bridgehead atoms. The molecular weight excluding hydrogens is 359 g/mol. The quantitative estimate of drug-likeness (QED) is 0.479. The van der Waals surface area contributed by atoms with Crippen molar-refractivity contribution in [3.05, 3.63) is 46.2 Å². The van der Waals surface area contributed by atoms with Gasteiger partial charge in [0.05, 0.1) is 5.52 Å². The Morgan fingerprint density at radius 3 is 2.32 bits per heavy atom. The van der Waals surface area contributed by atoms with Gasteiger partial charge in [-0.3, -0.25) is 0 Å². The largest absolute Gasteiger partial charge is 0.341 e. The van der Waals surface area contributed by atoms with Crippen molar-refractivity contribution in [2.45, 2.75) is 33.7 Å². The van der Waals surface area contributed by atoms with Crippen LogP contribution in [0.3, 0.4) is 0 Å². The number of rotatable bonds is 1. The molecule has 0 aliphatic heterocycles. The van der Waals surface area contributed by atoms with E-state index in [-0.39, 0.29) is 0 Å². The molecule has 0 aliphatic rings. The third-order valence-electron chi connectivity index (χ3n) is 3.63. The van der Waals surface area contributed by atoms with Crippen LogP contribution >= 0.6 is 23.2 Å². The molecule has 130 valence electrons. The summed E-state index contributed by atoms with van der Waals surface area (Å²) in [5.74, 6) is 1.83. The Balaban J connectivity index is 0.000000150. The molecule has 1 N–H and O–H groups in total. The summed E-state index contributed by atoms with van der Waals surface area (Å²) < 4.78 is 2.08. The van der Waals surface area contributed by atoms with Crippen molar-refractivity contribution < 1.29 is 0 Å². The van der Waals surface area contributed by atoms with Crippen LogP contribution < -0.4 is 0 Å². The van der Waals surface area contributed by atoms with Crippen LogP contribution in [0.1, 0.15) is 31.5 Å². The predicted octanol–water partition coefficient (Wildman–Crippen LogP) is 4.89. The number of halogens is 2. The molecule has 0 radical (unpaired) electrons. The summed E-state index contributed by atoms with van der Waals surface area (Å²) in [5.41, 5.74) is 3.37. The lowest BCUT2D eigenvalue weighted by Crippen LogP contribution is -2.03. The van der Waals surface area contributed by atoms with Gasteiger partial charge in [0, 0.05) is 6.04 Å². The highest BCUT2D eigenvalue weighted by molar-refractivity contribution is 6.30. The number of nitrogens with zero attached hydrogens (tertiary/aromatic N) is 5. The Bertz CT molecular complexity index is 1030. The van der Waals surface area contributed by atoms with E-state index >= 15 is 0 Å². The first-order valence-corrected chi connectivity index (χ1v) is 8.60. The van der Waals surface area contributed by atoms with Crippen LogP contribution in [0.5, 0.6) is 0 Å². The second kappa shape index (κ2) is 6.98. The monoisotopic (exact) mass is 376 g/mol. The summed E-state index contributed by atoms with van der Waals surface area (Å²) >= 11 is 11.5. The first-order chi connectivity index (χ1) is 11.8. The van der Waals surface area contributed by atoms with E-state index in [4.69, 9.17) is 23.2 Å². The minimum atomic E-state index is 0.353. The van der Waals surface area contributed by atoms with Crippen LogP contribution in [-0.2, 0) is 0 Å². The zero-order valence-electron chi connectivity index (χ0n) is 14.4. The average Bonchev–Trinajstić information content (AvgIpc) is 3.05. The van der Waals surface area contributed by atoms with E-state index in [1.807, 2.05) is 26.0 Å². The molecule has 4 heterocycles. The number of hydrogen-bond donors (Lipinski definition) is 1. The highest BCUT2D eigenvalue weighted by Crippen LogP contribution is 2.20. The van der Waals surface area contributed by atoms with Crippen molar-refractivity contribution in [2.75, 3.05) is 0 Å². The van der Waals surface area contributed by atoms with Gasteiger partial charge in [-0.15, -0.1) is 0 Å². The fourth-order valence-corrected chi connectivity index (χ4v) is 2.96. The maximum absolute atomic E-state index is 5.85. The summed E-state index contributed by atoms with van der Waals surface area (Å²) in [6.07, 6.45) is 0. The molecule has 4 aromatic rings. The van der Waals surface area contributed by atoms with E-state index < -0.39 is 0 Å². The third-order valence-corrected chi connectivity index (χ3v) is 4.05. The van der Waals surface area contributed by atoms with Crippen molar-refractivity contribution >= 4 is 45.5 Å². The zero-order chi connectivity index (χ0) is 18.1. The number of nitrogens with one attached hydrogen (secondary N) is 1. The predicted molar refractivity (Wildman–Crippen MR) is 101 cm³/mol. The second-order valence-electron chi connectivity index (χ2n) is 5.93. The number of pyridine rings is 2. The van der Waals surface area contributed by atoms with E-state index in [9.17, 15) is 0 Å². The van der Waals surface area contributed by atoms with Crippen LogP contribution in [0.4, 0.5) is 0 Å². The molecule has 0 atom stereocenters. The molecule has 0 amide bonds. The van der Waals surface area contributed by atoms with E-state index in [1.54, 1.807) is 12.1 Å². The van der Waals surface area contributed by atoms with Crippen molar-refractivity contribution in [1.82, 2.24) is 29.5 Å². The molecule has 0 aliphatic carbocycles. The van der Waals surface area contributed by atoms with Crippen molar-refractivity contribution in [1.29, 1.82) is 0 Å². The summed E-state index contributed by atoms with van der Waals surface area (Å²) in [6, 6.07) is 7.62. The lowest BCUT2D eigenvalue weighted by atomic mass is 10.3. The Morgan fingerprint density at radius 1 is 0.920 bits per heavy atom. The van der Waals surface area contributed by atoms with Crippen molar-refractivity contribution in [3.63, 3.8) is 0 Å². The van der Waals surface area contributed by atoms with Gasteiger partial charge < -0.3 is 9.55 Å². The highest BCUT2D eigenvalue weighted by Gasteiger charge is 2.11. The normalized spacial score (nSPS) is 11.2. The van der Waals surface area contributed by atoms with Gasteiger partial charge in [0.1, 0.15) is 27.5 Å². The minimum Gasteiger partial charge on any atom is -0.341 e. The summed E-state index contributed by atoms with van der Waals surface area (Å²) in [6.45, 7) is 8.08. The Labute approximate surface area is 155 Å². The van der Waals surface area contributed by atoms with Crippen molar-refractivity contribution in [2.24, 2.45) is 0 Å². The number of aromatic amines is 1. The highest BCUT2D eigenvalue weighted by atomic mass is 35.5. The molecule has 0 spiro atoms. The van der Waals surface area contributed by atoms with Gasteiger partial charge in [0.2, 0.25) is 0 Å². The first kappa shape index (κ1) is 17.6. The molecule has 25 heavy (non-hydrogen) atoms. The topological polar surface area (TPSA) is 72.3 Å². The van der Waals surface area contributed by atoms with Crippen LogP contribution in [0.25, 0.3) is 22.3 Å². The van der Waals surface area contributed by atoms with Crippen LogP contribution in [-0.4, -0.2) is 29.5 Å². The van der Waals surface area contributed by atoms with Crippen LogP contribution in [0, 0.1) is 13.8 Å². The van der Waals surface area contributed by atoms with Gasteiger partial charge in [-0.1, -0.05) is 23.2 Å². The number of imidazole rings is 2. The fraction of sp³-hybridized carbons (Fsp3) is 0.294. The van der Waals surface area contributed by atoms with Crippen molar-refractivity contribution in [3.8, 4) is 0 Å². The van der Waals surface area contributed by atoms with Crippen LogP contribution in [0.15, 0.2) is 24.3 Å². The summed E-state index contributed by atoms with van der Waals surface area (Å²) in [4.78, 5) is 19.9. The van der Waals surface area contributed by atoms with Gasteiger partial charge in [-0.25, -0.2) is 19.9 Å². The Hall–Kier alpha value is -2.18. The maximum atomic E-state index is 5.85. The molecule has 0 saturated heterocycles. The third kappa shape index (κ3) is 3.75.